The average molecular weight is 442 g/mol. The van der Waals surface area contributed by atoms with Crippen LogP contribution < -0.4 is 0 Å². The van der Waals surface area contributed by atoms with Gasteiger partial charge in [-0.05, 0) is 24.3 Å². The standard InChI is InChI=1S/C23H22O9/c1-14(24)29-20-19(32-22(27)17-11-7-4-8-12-17)18(31-23(20)30-15(2)25)13-28-21(26)16-9-5-3-6-10-16/h3-12,18-20,23H,13H2,1-2H3/t18-,19?,20-,23?/m1/s1. The predicted molar refractivity (Wildman–Crippen MR) is 108 cm³/mol. The zero-order valence-corrected chi connectivity index (χ0v) is 17.5. The molecule has 1 aliphatic rings. The lowest BCUT2D eigenvalue weighted by Crippen LogP contribution is -2.42. The minimum absolute atomic E-state index is 0.255. The second-order valence-corrected chi connectivity index (χ2v) is 6.93. The Morgan fingerprint density at radius 3 is 1.78 bits per heavy atom. The predicted octanol–water partition coefficient (Wildman–Crippen LogP) is 2.29. The van der Waals surface area contributed by atoms with E-state index in [0.29, 0.717) is 5.56 Å². The Labute approximate surface area is 184 Å². The van der Waals surface area contributed by atoms with Gasteiger partial charge in [0, 0.05) is 13.8 Å². The van der Waals surface area contributed by atoms with E-state index in [1.165, 1.54) is 0 Å². The molecule has 0 amide bonds. The van der Waals surface area contributed by atoms with Gasteiger partial charge in [-0.25, -0.2) is 9.59 Å². The fourth-order valence-electron chi connectivity index (χ4n) is 3.12. The zero-order chi connectivity index (χ0) is 23.1. The first-order valence-corrected chi connectivity index (χ1v) is 9.83. The summed E-state index contributed by atoms with van der Waals surface area (Å²) in [5.41, 5.74) is 0.571. The van der Waals surface area contributed by atoms with E-state index >= 15 is 0 Å². The Balaban J connectivity index is 1.80. The van der Waals surface area contributed by atoms with Crippen molar-refractivity contribution in [2.24, 2.45) is 0 Å². The van der Waals surface area contributed by atoms with Gasteiger partial charge in [0.25, 0.3) is 0 Å². The van der Waals surface area contributed by atoms with E-state index in [1.807, 2.05) is 0 Å². The van der Waals surface area contributed by atoms with Crippen LogP contribution >= 0.6 is 0 Å². The number of benzene rings is 2. The van der Waals surface area contributed by atoms with Crippen molar-refractivity contribution in [3.8, 4) is 0 Å². The third-order valence-electron chi connectivity index (χ3n) is 4.49. The van der Waals surface area contributed by atoms with E-state index in [9.17, 15) is 19.2 Å². The second kappa shape index (κ2) is 10.5. The monoisotopic (exact) mass is 442 g/mol. The largest absolute Gasteiger partial charge is 0.459 e. The first-order valence-electron chi connectivity index (χ1n) is 9.83. The Morgan fingerprint density at radius 1 is 0.719 bits per heavy atom. The molecule has 2 aromatic rings. The summed E-state index contributed by atoms with van der Waals surface area (Å²) in [5.74, 6) is -2.72. The molecule has 1 saturated heterocycles. The fourth-order valence-corrected chi connectivity index (χ4v) is 3.12. The number of hydrogen-bond donors (Lipinski definition) is 0. The number of carbonyl (C=O) groups excluding carboxylic acids is 4. The number of carbonyl (C=O) groups is 4. The van der Waals surface area contributed by atoms with Crippen molar-refractivity contribution >= 4 is 23.9 Å². The van der Waals surface area contributed by atoms with Crippen LogP contribution in [0, 0.1) is 0 Å². The normalized spacial score (nSPS) is 21.9. The molecule has 32 heavy (non-hydrogen) atoms. The molecule has 0 N–H and O–H groups in total. The number of rotatable bonds is 7. The van der Waals surface area contributed by atoms with Crippen LogP contribution in [0.3, 0.4) is 0 Å². The Morgan fingerprint density at radius 2 is 1.25 bits per heavy atom. The van der Waals surface area contributed by atoms with E-state index in [0.717, 1.165) is 13.8 Å². The lowest BCUT2D eigenvalue weighted by molar-refractivity contribution is -0.196. The van der Waals surface area contributed by atoms with E-state index in [1.54, 1.807) is 60.7 Å². The van der Waals surface area contributed by atoms with Gasteiger partial charge < -0.3 is 23.7 Å². The van der Waals surface area contributed by atoms with Crippen molar-refractivity contribution in [1.29, 1.82) is 0 Å². The van der Waals surface area contributed by atoms with E-state index in [-0.39, 0.29) is 12.2 Å². The first kappa shape index (κ1) is 23.0. The van der Waals surface area contributed by atoms with Crippen LogP contribution in [0.15, 0.2) is 60.7 Å². The van der Waals surface area contributed by atoms with Crippen LogP contribution in [0.1, 0.15) is 34.6 Å². The highest BCUT2D eigenvalue weighted by molar-refractivity contribution is 5.90. The molecule has 9 nitrogen and oxygen atoms in total. The highest BCUT2D eigenvalue weighted by Gasteiger charge is 2.51. The maximum absolute atomic E-state index is 12.6. The van der Waals surface area contributed by atoms with E-state index in [2.05, 4.69) is 0 Å². The molecule has 0 aromatic heterocycles. The summed E-state index contributed by atoms with van der Waals surface area (Å²) in [7, 11) is 0. The van der Waals surface area contributed by atoms with E-state index < -0.39 is 48.5 Å². The summed E-state index contributed by atoms with van der Waals surface area (Å²) in [6, 6.07) is 16.4. The molecule has 2 unspecified atom stereocenters. The SMILES string of the molecule is CC(=O)OC1O[C@H](COC(=O)c2ccccc2)C(OC(=O)c2ccccc2)[C@H]1OC(C)=O. The fraction of sp³-hybridized carbons (Fsp3) is 0.304. The van der Waals surface area contributed by atoms with Crippen molar-refractivity contribution in [2.45, 2.75) is 38.4 Å². The molecule has 2 aromatic carbocycles. The molecule has 4 atom stereocenters. The lowest BCUT2D eigenvalue weighted by Gasteiger charge is -2.23. The lowest BCUT2D eigenvalue weighted by atomic mass is 10.1. The molecule has 1 aliphatic heterocycles. The van der Waals surface area contributed by atoms with Gasteiger partial charge in [-0.2, -0.15) is 0 Å². The van der Waals surface area contributed by atoms with Crippen LogP contribution in [0.5, 0.6) is 0 Å². The molecule has 9 heteroatoms. The number of ether oxygens (including phenoxy) is 5. The van der Waals surface area contributed by atoms with Gasteiger partial charge in [-0.15, -0.1) is 0 Å². The topological polar surface area (TPSA) is 114 Å². The first-order chi connectivity index (χ1) is 15.3. The molecular weight excluding hydrogens is 420 g/mol. The van der Waals surface area contributed by atoms with Crippen molar-refractivity contribution in [1.82, 2.24) is 0 Å². The maximum atomic E-state index is 12.6. The zero-order valence-electron chi connectivity index (χ0n) is 17.5. The minimum Gasteiger partial charge on any atom is -0.459 e. The molecule has 168 valence electrons. The van der Waals surface area contributed by atoms with Gasteiger partial charge in [0.05, 0.1) is 11.1 Å². The molecule has 1 heterocycles. The summed E-state index contributed by atoms with van der Waals surface area (Å²) in [4.78, 5) is 48.1. The molecule has 0 radical (unpaired) electrons. The average Bonchev–Trinajstić information content (AvgIpc) is 3.08. The van der Waals surface area contributed by atoms with Gasteiger partial charge in [-0.1, -0.05) is 36.4 Å². The van der Waals surface area contributed by atoms with Crippen molar-refractivity contribution in [2.75, 3.05) is 6.61 Å². The Kier molecular flexibility index (Phi) is 7.56. The number of esters is 4. The van der Waals surface area contributed by atoms with Gasteiger partial charge >= 0.3 is 23.9 Å². The molecule has 3 rings (SSSR count). The highest BCUT2D eigenvalue weighted by atomic mass is 16.8. The second-order valence-electron chi connectivity index (χ2n) is 6.93. The van der Waals surface area contributed by atoms with Crippen LogP contribution in [-0.2, 0) is 33.3 Å². The van der Waals surface area contributed by atoms with Gasteiger partial charge in [-0.3, -0.25) is 9.59 Å². The van der Waals surface area contributed by atoms with Crippen molar-refractivity contribution < 1.29 is 42.9 Å². The molecule has 0 aliphatic carbocycles. The molecular formula is C23H22O9. The molecule has 0 saturated carbocycles. The quantitative estimate of drug-likeness (QED) is 0.470. The van der Waals surface area contributed by atoms with Gasteiger partial charge in [0.2, 0.25) is 12.4 Å². The summed E-state index contributed by atoms with van der Waals surface area (Å²) in [6.45, 7) is 1.97. The molecule has 0 spiro atoms. The van der Waals surface area contributed by atoms with Crippen molar-refractivity contribution in [3.63, 3.8) is 0 Å². The maximum Gasteiger partial charge on any atom is 0.338 e. The molecule has 1 fully saturated rings. The van der Waals surface area contributed by atoms with Crippen LogP contribution in [-0.4, -0.2) is 55.1 Å². The van der Waals surface area contributed by atoms with E-state index in [4.69, 9.17) is 23.7 Å². The van der Waals surface area contributed by atoms with Gasteiger partial charge in [0.1, 0.15) is 12.7 Å². The third-order valence-corrected chi connectivity index (χ3v) is 4.49. The summed E-state index contributed by atoms with van der Waals surface area (Å²) in [5, 5.41) is 0. The van der Waals surface area contributed by atoms with Crippen LogP contribution in [0.2, 0.25) is 0 Å². The minimum atomic E-state index is -1.34. The van der Waals surface area contributed by atoms with Crippen LogP contribution in [0.4, 0.5) is 0 Å². The van der Waals surface area contributed by atoms with Crippen molar-refractivity contribution in [3.05, 3.63) is 71.8 Å². The molecule has 0 bridgehead atoms. The van der Waals surface area contributed by atoms with Crippen LogP contribution in [0.25, 0.3) is 0 Å². The number of hydrogen-bond acceptors (Lipinski definition) is 9. The third kappa shape index (κ3) is 5.92. The Bertz CT molecular complexity index is 958. The summed E-state index contributed by atoms with van der Waals surface area (Å²) in [6.07, 6.45) is -4.83. The highest BCUT2D eigenvalue weighted by Crippen LogP contribution is 2.29. The smallest absolute Gasteiger partial charge is 0.338 e. The summed E-state index contributed by atoms with van der Waals surface area (Å²) < 4.78 is 26.8. The van der Waals surface area contributed by atoms with Gasteiger partial charge in [0.15, 0.2) is 6.10 Å². The Hall–Kier alpha value is -3.72. The summed E-state index contributed by atoms with van der Waals surface area (Å²) >= 11 is 0.